The first kappa shape index (κ1) is 14.7. The molecule has 0 amide bonds. The number of hydrogen-bond acceptors (Lipinski definition) is 4. The SMILES string of the molecule is CCOC(=O)c1cc2n(n1)CCC2c1cn2cc(C3CC3)ccc2n1. The van der Waals surface area contributed by atoms with Crippen LogP contribution in [0.25, 0.3) is 5.65 Å². The van der Waals surface area contributed by atoms with Crippen molar-refractivity contribution < 1.29 is 9.53 Å². The van der Waals surface area contributed by atoms with E-state index in [0.29, 0.717) is 12.3 Å². The first-order valence-corrected chi connectivity index (χ1v) is 8.96. The molecule has 3 aromatic rings. The highest BCUT2D eigenvalue weighted by Gasteiger charge is 2.30. The Balaban J connectivity index is 1.48. The van der Waals surface area contributed by atoms with E-state index in [9.17, 15) is 4.79 Å². The molecule has 1 aliphatic heterocycles. The molecule has 0 aromatic carbocycles. The van der Waals surface area contributed by atoms with Gasteiger partial charge in [-0.15, -0.1) is 0 Å². The zero-order chi connectivity index (χ0) is 17.0. The maximum atomic E-state index is 11.9. The van der Waals surface area contributed by atoms with Crippen LogP contribution in [-0.4, -0.2) is 31.7 Å². The number of imidazole rings is 1. The molecule has 1 aliphatic carbocycles. The van der Waals surface area contributed by atoms with Crippen LogP contribution in [0.3, 0.4) is 0 Å². The molecule has 3 aromatic heterocycles. The fraction of sp³-hybridized carbons (Fsp3) is 0.421. The van der Waals surface area contributed by atoms with E-state index in [2.05, 4.69) is 34.0 Å². The Bertz CT molecular complexity index is 967. The fourth-order valence-electron chi connectivity index (χ4n) is 3.75. The summed E-state index contributed by atoms with van der Waals surface area (Å²) in [5.41, 5.74) is 4.86. The van der Waals surface area contributed by atoms with Gasteiger partial charge in [0.15, 0.2) is 5.69 Å². The molecule has 0 saturated heterocycles. The smallest absolute Gasteiger partial charge is 0.358 e. The van der Waals surface area contributed by atoms with Crippen molar-refractivity contribution in [2.45, 2.75) is 44.6 Å². The van der Waals surface area contributed by atoms with E-state index in [-0.39, 0.29) is 11.9 Å². The molecule has 1 fully saturated rings. The van der Waals surface area contributed by atoms with Crippen LogP contribution in [0, 0.1) is 0 Å². The van der Waals surface area contributed by atoms with Crippen LogP contribution in [0.15, 0.2) is 30.6 Å². The van der Waals surface area contributed by atoms with Crippen molar-refractivity contribution >= 4 is 11.6 Å². The molecule has 0 bridgehead atoms. The van der Waals surface area contributed by atoms with Crippen LogP contribution in [0.1, 0.15) is 65.5 Å². The van der Waals surface area contributed by atoms with Gasteiger partial charge in [-0.1, -0.05) is 6.07 Å². The van der Waals surface area contributed by atoms with Crippen molar-refractivity contribution in [3.8, 4) is 0 Å². The molecule has 1 saturated carbocycles. The molecule has 6 nitrogen and oxygen atoms in total. The van der Waals surface area contributed by atoms with E-state index in [1.807, 2.05) is 10.7 Å². The maximum Gasteiger partial charge on any atom is 0.358 e. The van der Waals surface area contributed by atoms with Crippen molar-refractivity contribution in [1.29, 1.82) is 0 Å². The summed E-state index contributed by atoms with van der Waals surface area (Å²) in [6.45, 7) is 2.97. The summed E-state index contributed by atoms with van der Waals surface area (Å²) in [6, 6.07) is 6.16. The van der Waals surface area contributed by atoms with E-state index in [4.69, 9.17) is 9.72 Å². The molecule has 0 radical (unpaired) electrons. The lowest BCUT2D eigenvalue weighted by Gasteiger charge is -2.03. The van der Waals surface area contributed by atoms with Gasteiger partial charge in [0.2, 0.25) is 0 Å². The van der Waals surface area contributed by atoms with Gasteiger partial charge >= 0.3 is 5.97 Å². The lowest BCUT2D eigenvalue weighted by atomic mass is 10.0. The molecule has 0 spiro atoms. The van der Waals surface area contributed by atoms with Crippen LogP contribution >= 0.6 is 0 Å². The van der Waals surface area contributed by atoms with Crippen molar-refractivity contribution in [3.63, 3.8) is 0 Å². The van der Waals surface area contributed by atoms with E-state index in [1.165, 1.54) is 18.4 Å². The second-order valence-corrected chi connectivity index (χ2v) is 6.91. The molecule has 4 heterocycles. The first-order chi connectivity index (χ1) is 12.2. The molecular weight excluding hydrogens is 316 g/mol. The van der Waals surface area contributed by atoms with Crippen molar-refractivity contribution in [2.24, 2.45) is 0 Å². The summed E-state index contributed by atoms with van der Waals surface area (Å²) < 4.78 is 9.11. The molecule has 2 aliphatic rings. The number of aryl methyl sites for hydroxylation is 1. The third kappa shape index (κ3) is 2.44. The number of nitrogens with zero attached hydrogens (tertiary/aromatic N) is 4. The predicted molar refractivity (Wildman–Crippen MR) is 91.8 cm³/mol. The average Bonchev–Trinajstić information content (AvgIpc) is 3.06. The van der Waals surface area contributed by atoms with Gasteiger partial charge in [0.05, 0.1) is 12.3 Å². The highest BCUT2D eigenvalue weighted by Crippen LogP contribution is 2.40. The number of rotatable bonds is 4. The largest absolute Gasteiger partial charge is 0.461 e. The average molecular weight is 336 g/mol. The first-order valence-electron chi connectivity index (χ1n) is 8.96. The summed E-state index contributed by atoms with van der Waals surface area (Å²) in [6.07, 6.45) is 7.89. The Morgan fingerprint density at radius 2 is 2.16 bits per heavy atom. The highest BCUT2D eigenvalue weighted by molar-refractivity contribution is 5.87. The zero-order valence-corrected chi connectivity index (χ0v) is 14.2. The number of carbonyl (C=O) groups is 1. The minimum Gasteiger partial charge on any atom is -0.461 e. The highest BCUT2D eigenvalue weighted by atomic mass is 16.5. The number of aromatic nitrogens is 4. The van der Waals surface area contributed by atoms with E-state index < -0.39 is 0 Å². The van der Waals surface area contributed by atoms with Crippen LogP contribution < -0.4 is 0 Å². The Labute approximate surface area is 145 Å². The summed E-state index contributed by atoms with van der Waals surface area (Å²) >= 11 is 0. The molecule has 128 valence electrons. The minimum absolute atomic E-state index is 0.181. The quantitative estimate of drug-likeness (QED) is 0.687. The van der Waals surface area contributed by atoms with Crippen LogP contribution in [0.2, 0.25) is 0 Å². The van der Waals surface area contributed by atoms with Gasteiger partial charge in [-0.2, -0.15) is 5.10 Å². The Morgan fingerprint density at radius 3 is 2.96 bits per heavy atom. The standard InChI is InChI=1S/C19H20N4O2/c1-2-25-19(24)15-9-17-14(7-8-23(17)21-15)16-11-22-10-13(12-3-4-12)5-6-18(22)20-16/h5-6,9-12,14H,2-4,7-8H2,1H3. The Hall–Kier alpha value is -2.63. The van der Waals surface area contributed by atoms with Crippen LogP contribution in [0.5, 0.6) is 0 Å². The third-order valence-corrected chi connectivity index (χ3v) is 5.18. The molecule has 5 rings (SSSR count). The molecule has 25 heavy (non-hydrogen) atoms. The summed E-state index contributed by atoms with van der Waals surface area (Å²) in [5, 5.41) is 4.39. The lowest BCUT2D eigenvalue weighted by molar-refractivity contribution is 0.0518. The van der Waals surface area contributed by atoms with Gasteiger partial charge in [0.25, 0.3) is 0 Å². The molecule has 1 atom stereocenters. The Morgan fingerprint density at radius 1 is 1.28 bits per heavy atom. The second kappa shape index (κ2) is 5.44. The topological polar surface area (TPSA) is 61.4 Å². The molecule has 0 N–H and O–H groups in total. The minimum atomic E-state index is -0.354. The molecular formula is C19H20N4O2. The van der Waals surface area contributed by atoms with E-state index in [0.717, 1.165) is 35.9 Å². The van der Waals surface area contributed by atoms with Crippen molar-refractivity contribution in [3.05, 3.63) is 53.2 Å². The molecule has 1 unspecified atom stereocenters. The van der Waals surface area contributed by atoms with E-state index in [1.54, 1.807) is 6.92 Å². The summed E-state index contributed by atoms with van der Waals surface area (Å²) in [4.78, 5) is 16.7. The second-order valence-electron chi connectivity index (χ2n) is 6.91. The lowest BCUT2D eigenvalue weighted by Crippen LogP contribution is -2.06. The van der Waals surface area contributed by atoms with Gasteiger partial charge in [0.1, 0.15) is 5.65 Å². The van der Waals surface area contributed by atoms with Gasteiger partial charge in [-0.3, -0.25) is 4.68 Å². The van der Waals surface area contributed by atoms with Crippen molar-refractivity contribution in [2.75, 3.05) is 6.61 Å². The monoisotopic (exact) mass is 336 g/mol. The van der Waals surface area contributed by atoms with Gasteiger partial charge < -0.3 is 9.14 Å². The number of fused-ring (bicyclic) bond motifs is 2. The zero-order valence-electron chi connectivity index (χ0n) is 14.2. The van der Waals surface area contributed by atoms with Crippen molar-refractivity contribution in [1.82, 2.24) is 19.2 Å². The van der Waals surface area contributed by atoms with Gasteiger partial charge in [0, 0.05) is 30.6 Å². The van der Waals surface area contributed by atoms with Crippen LogP contribution in [-0.2, 0) is 11.3 Å². The molecule has 6 heteroatoms. The maximum absolute atomic E-state index is 11.9. The number of hydrogen-bond donors (Lipinski definition) is 0. The van der Waals surface area contributed by atoms with E-state index >= 15 is 0 Å². The van der Waals surface area contributed by atoms with Gasteiger partial charge in [-0.05, 0) is 49.8 Å². The Kier molecular flexibility index (Phi) is 3.20. The summed E-state index contributed by atoms with van der Waals surface area (Å²) in [7, 11) is 0. The summed E-state index contributed by atoms with van der Waals surface area (Å²) in [5.74, 6) is 0.558. The number of esters is 1. The normalized spacial score (nSPS) is 19.3. The van der Waals surface area contributed by atoms with Gasteiger partial charge in [-0.25, -0.2) is 9.78 Å². The number of pyridine rings is 1. The third-order valence-electron chi connectivity index (χ3n) is 5.18. The van der Waals surface area contributed by atoms with Crippen LogP contribution in [0.4, 0.5) is 0 Å². The number of carbonyl (C=O) groups excluding carboxylic acids is 1. The fourth-order valence-corrected chi connectivity index (χ4v) is 3.75. The number of ether oxygens (including phenoxy) is 1. The predicted octanol–water partition coefficient (Wildman–Crippen LogP) is 3.12.